The molecule has 47 heavy (non-hydrogen) atoms. The number of nitrogens with one attached hydrogen (secondary N) is 2. The van der Waals surface area contributed by atoms with Gasteiger partial charge in [0.15, 0.2) is 0 Å². The topological polar surface area (TPSA) is 114 Å². The van der Waals surface area contributed by atoms with Crippen LogP contribution in [0.3, 0.4) is 0 Å². The Morgan fingerprint density at radius 1 is 1.00 bits per heavy atom. The summed E-state index contributed by atoms with van der Waals surface area (Å²) in [7, 11) is 3.81. The van der Waals surface area contributed by atoms with Crippen LogP contribution in [0.25, 0.3) is 0 Å². The third-order valence-corrected chi connectivity index (χ3v) is 10.0. The SMILES string of the molecule is CN(C)C1CCN(C(=O)[C@@H](Cc2cc(C(F)(F)F)c(N)c(C(F)(F)F)c2)NC(=O)N2CCC(N3Cc4ccsc4NC3=O)CC2)CC1. The highest BCUT2D eigenvalue weighted by atomic mass is 32.1. The summed E-state index contributed by atoms with van der Waals surface area (Å²) in [6.45, 7) is 1.51. The Morgan fingerprint density at radius 3 is 2.13 bits per heavy atom. The van der Waals surface area contributed by atoms with Crippen molar-refractivity contribution in [2.24, 2.45) is 0 Å². The van der Waals surface area contributed by atoms with Crippen LogP contribution in [-0.2, 0) is 30.1 Å². The molecule has 1 aromatic carbocycles. The first-order valence-corrected chi connectivity index (χ1v) is 16.1. The molecule has 4 N–H and O–H groups in total. The summed E-state index contributed by atoms with van der Waals surface area (Å²) >= 11 is 1.44. The molecule has 0 unspecified atom stereocenters. The van der Waals surface area contributed by atoms with E-state index in [2.05, 4.69) is 10.6 Å². The molecule has 2 saturated heterocycles. The van der Waals surface area contributed by atoms with Gasteiger partial charge in [0.25, 0.3) is 0 Å². The minimum Gasteiger partial charge on any atom is -0.398 e. The van der Waals surface area contributed by atoms with E-state index in [0.29, 0.717) is 57.5 Å². The first-order valence-electron chi connectivity index (χ1n) is 15.2. The highest BCUT2D eigenvalue weighted by Crippen LogP contribution is 2.42. The van der Waals surface area contributed by atoms with Crippen LogP contribution < -0.4 is 16.4 Å². The van der Waals surface area contributed by atoms with Crippen molar-refractivity contribution in [2.45, 2.75) is 69.1 Å². The maximum atomic E-state index is 13.8. The number of hydrogen-bond acceptors (Lipinski definition) is 6. The summed E-state index contributed by atoms with van der Waals surface area (Å²) in [5.41, 5.74) is 1.09. The first kappa shape index (κ1) is 34.6. The molecule has 1 atom stereocenters. The summed E-state index contributed by atoms with van der Waals surface area (Å²) in [5.74, 6) is -0.596. The Labute approximate surface area is 271 Å². The molecule has 0 aliphatic carbocycles. The van der Waals surface area contributed by atoms with Crippen molar-refractivity contribution >= 4 is 40.0 Å². The summed E-state index contributed by atoms with van der Waals surface area (Å²) < 4.78 is 82.5. The van der Waals surface area contributed by atoms with Crippen LogP contribution in [0.15, 0.2) is 23.6 Å². The molecule has 2 aromatic rings. The number of carbonyl (C=O) groups is 3. The summed E-state index contributed by atoms with van der Waals surface area (Å²) in [4.78, 5) is 46.6. The molecule has 2 fully saturated rings. The first-order chi connectivity index (χ1) is 22.0. The van der Waals surface area contributed by atoms with Gasteiger partial charge in [-0.15, -0.1) is 11.3 Å². The molecule has 3 aliphatic rings. The Bertz CT molecular complexity index is 1450. The minimum absolute atomic E-state index is 0.154. The zero-order valence-corrected chi connectivity index (χ0v) is 26.7. The van der Waals surface area contributed by atoms with Crippen LogP contribution >= 0.6 is 11.3 Å². The van der Waals surface area contributed by atoms with Crippen LogP contribution in [0.5, 0.6) is 0 Å². The van der Waals surface area contributed by atoms with E-state index in [1.54, 1.807) is 4.90 Å². The quantitative estimate of drug-likeness (QED) is 0.290. The summed E-state index contributed by atoms with van der Waals surface area (Å²) in [6.07, 6.45) is -8.87. The van der Waals surface area contributed by atoms with Crippen molar-refractivity contribution in [1.82, 2.24) is 24.9 Å². The van der Waals surface area contributed by atoms with Gasteiger partial charge in [0.2, 0.25) is 5.91 Å². The predicted molar refractivity (Wildman–Crippen MR) is 164 cm³/mol. The Hall–Kier alpha value is -3.73. The molecular weight excluding hydrogens is 652 g/mol. The number of nitrogens with zero attached hydrogens (tertiary/aromatic N) is 4. The molecule has 0 spiro atoms. The van der Waals surface area contributed by atoms with E-state index in [1.165, 1.54) is 21.1 Å². The van der Waals surface area contributed by atoms with Gasteiger partial charge < -0.3 is 30.7 Å². The highest BCUT2D eigenvalue weighted by Gasteiger charge is 2.42. The largest absolute Gasteiger partial charge is 0.418 e. The fourth-order valence-electron chi connectivity index (χ4n) is 6.47. The highest BCUT2D eigenvalue weighted by molar-refractivity contribution is 7.14. The normalized spacial score (nSPS) is 19.1. The van der Waals surface area contributed by atoms with Crippen LogP contribution in [0.1, 0.15) is 47.9 Å². The molecule has 4 heterocycles. The second kappa shape index (κ2) is 13.4. The van der Waals surface area contributed by atoms with Crippen molar-refractivity contribution in [3.05, 3.63) is 45.8 Å². The molecule has 3 aliphatic heterocycles. The van der Waals surface area contributed by atoms with E-state index in [4.69, 9.17) is 5.73 Å². The second-order valence-corrected chi connectivity index (χ2v) is 13.3. The molecule has 258 valence electrons. The predicted octanol–water partition coefficient (Wildman–Crippen LogP) is 5.05. The Kier molecular flexibility index (Phi) is 9.87. The Balaban J connectivity index is 1.33. The molecule has 10 nitrogen and oxygen atoms in total. The molecule has 0 radical (unpaired) electrons. The van der Waals surface area contributed by atoms with Crippen molar-refractivity contribution in [3.63, 3.8) is 0 Å². The van der Waals surface area contributed by atoms with Gasteiger partial charge in [-0.1, -0.05) is 0 Å². The molecule has 17 heteroatoms. The second-order valence-electron chi connectivity index (χ2n) is 12.4. The van der Waals surface area contributed by atoms with Crippen molar-refractivity contribution in [3.8, 4) is 0 Å². The van der Waals surface area contributed by atoms with E-state index in [0.717, 1.165) is 10.6 Å². The van der Waals surface area contributed by atoms with Crippen LogP contribution in [0.2, 0.25) is 0 Å². The van der Waals surface area contributed by atoms with Crippen molar-refractivity contribution < 1.29 is 40.7 Å². The van der Waals surface area contributed by atoms with Gasteiger partial charge in [-0.05, 0) is 68.9 Å². The van der Waals surface area contributed by atoms with Gasteiger partial charge in [-0.25, -0.2) is 9.59 Å². The number of thiophene rings is 1. The lowest BCUT2D eigenvalue weighted by Gasteiger charge is -2.40. The lowest BCUT2D eigenvalue weighted by Crippen LogP contribution is -2.57. The van der Waals surface area contributed by atoms with Gasteiger partial charge in [-0.2, -0.15) is 26.3 Å². The van der Waals surface area contributed by atoms with Gasteiger partial charge in [0.1, 0.15) is 11.0 Å². The maximum Gasteiger partial charge on any atom is 0.418 e. The zero-order chi connectivity index (χ0) is 34.3. The smallest absolute Gasteiger partial charge is 0.398 e. The van der Waals surface area contributed by atoms with E-state index >= 15 is 0 Å². The standard InChI is InChI=1S/C30H37F6N7O3S/c1-40(2)19-3-8-41(9-4-19)26(44)23(15-17-13-21(29(31,32)33)24(37)22(14-17)30(34,35)36)38-27(45)42-10-5-20(6-11-42)43-16-18-7-12-47-25(18)39-28(43)46/h7,12-14,19-20,23H,3-6,8-11,15-16,37H2,1-2H3,(H,38,45)(H,39,46)/t23-/m1/s1. The monoisotopic (exact) mass is 689 g/mol. The number of benzene rings is 1. The fraction of sp³-hybridized carbons (Fsp3) is 0.567. The molecule has 5 amide bonds. The van der Waals surface area contributed by atoms with E-state index in [9.17, 15) is 40.7 Å². The zero-order valence-electron chi connectivity index (χ0n) is 25.9. The van der Waals surface area contributed by atoms with Crippen LogP contribution in [0, 0.1) is 0 Å². The Morgan fingerprint density at radius 2 is 1.57 bits per heavy atom. The van der Waals surface area contributed by atoms with Gasteiger partial charge in [0.05, 0.1) is 23.4 Å². The van der Waals surface area contributed by atoms with Gasteiger partial charge in [0, 0.05) is 50.2 Å². The number of likely N-dealkylation sites (tertiary alicyclic amines) is 2. The average molecular weight is 690 g/mol. The minimum atomic E-state index is -5.18. The molecule has 1 aromatic heterocycles. The lowest BCUT2D eigenvalue weighted by molar-refractivity contribution is -0.141. The van der Waals surface area contributed by atoms with E-state index < -0.39 is 59.1 Å². The van der Waals surface area contributed by atoms with Gasteiger partial charge >= 0.3 is 24.4 Å². The molecule has 5 rings (SSSR count). The van der Waals surface area contributed by atoms with E-state index in [-0.39, 0.29) is 31.2 Å². The summed E-state index contributed by atoms with van der Waals surface area (Å²) in [6, 6.07) is 0.647. The van der Waals surface area contributed by atoms with Crippen molar-refractivity contribution in [2.75, 3.05) is 51.3 Å². The number of urea groups is 2. The molecular formula is C30H37F6N7O3S. The van der Waals surface area contributed by atoms with Crippen molar-refractivity contribution in [1.29, 1.82) is 0 Å². The number of amides is 5. The number of fused-ring (bicyclic) bond motifs is 1. The third-order valence-electron chi connectivity index (χ3n) is 9.15. The number of hydrogen-bond donors (Lipinski definition) is 3. The number of anilines is 2. The number of piperidine rings is 2. The van der Waals surface area contributed by atoms with Gasteiger partial charge in [-0.3, -0.25) is 10.1 Å². The maximum absolute atomic E-state index is 13.8. The number of alkyl halides is 6. The number of nitrogen functional groups attached to an aromatic ring is 1. The molecule has 0 bridgehead atoms. The van der Waals surface area contributed by atoms with Crippen LogP contribution in [0.4, 0.5) is 46.6 Å². The number of halogens is 6. The number of nitrogens with two attached hydrogens (primary N) is 1. The number of rotatable bonds is 6. The fourth-order valence-corrected chi connectivity index (χ4v) is 7.27. The summed E-state index contributed by atoms with van der Waals surface area (Å²) in [5, 5.41) is 8.17. The van der Waals surface area contributed by atoms with Crippen LogP contribution in [-0.4, -0.2) is 96.0 Å². The van der Waals surface area contributed by atoms with E-state index in [1.807, 2.05) is 30.4 Å². The third kappa shape index (κ3) is 7.71. The molecule has 0 saturated carbocycles. The lowest BCUT2D eigenvalue weighted by atomic mass is 9.96. The average Bonchev–Trinajstić information content (AvgIpc) is 3.47. The number of carbonyl (C=O) groups excluding carboxylic acids is 3.